The van der Waals surface area contributed by atoms with Gasteiger partial charge in [-0.25, -0.2) is 4.98 Å². The molecule has 8 heteroatoms. The minimum atomic E-state index is -4.47. The van der Waals surface area contributed by atoms with Gasteiger partial charge in [0.1, 0.15) is 5.82 Å². The fourth-order valence-electron chi connectivity index (χ4n) is 2.77. The van der Waals surface area contributed by atoms with Gasteiger partial charge in [0.05, 0.1) is 12.1 Å². The van der Waals surface area contributed by atoms with Gasteiger partial charge in [0.15, 0.2) is 0 Å². The summed E-state index contributed by atoms with van der Waals surface area (Å²) in [5.74, 6) is 0.303. The first-order valence-electron chi connectivity index (χ1n) is 9.02. The smallest absolute Gasteiger partial charge is 0.362 e. The van der Waals surface area contributed by atoms with Crippen molar-refractivity contribution in [1.29, 1.82) is 0 Å². The first-order chi connectivity index (χ1) is 13.2. The Morgan fingerprint density at radius 1 is 1.11 bits per heavy atom. The maximum Gasteiger partial charge on any atom is 0.417 e. The number of likely N-dealkylation sites (N-methyl/N-ethyl adjacent to an activating group) is 1. The van der Waals surface area contributed by atoms with Crippen molar-refractivity contribution in [3.63, 3.8) is 0 Å². The highest BCUT2D eigenvalue weighted by Crippen LogP contribution is 2.35. The van der Waals surface area contributed by atoms with Crippen molar-refractivity contribution < 1.29 is 18.0 Å². The quantitative estimate of drug-likeness (QED) is 0.768. The molecule has 0 unspecified atom stereocenters. The summed E-state index contributed by atoms with van der Waals surface area (Å²) in [4.78, 5) is 19.7. The molecule has 0 saturated carbocycles. The van der Waals surface area contributed by atoms with Crippen LogP contribution < -0.4 is 10.2 Å². The molecule has 1 aromatic heterocycles. The van der Waals surface area contributed by atoms with Crippen LogP contribution in [0.25, 0.3) is 11.1 Å². The van der Waals surface area contributed by atoms with Crippen LogP contribution in [0.2, 0.25) is 0 Å². The highest BCUT2D eigenvalue weighted by atomic mass is 19.4. The Balaban J connectivity index is 2.26. The van der Waals surface area contributed by atoms with E-state index < -0.39 is 11.7 Å². The van der Waals surface area contributed by atoms with Gasteiger partial charge in [0.2, 0.25) is 5.91 Å². The van der Waals surface area contributed by atoms with Crippen molar-refractivity contribution in [2.45, 2.75) is 20.0 Å². The minimum Gasteiger partial charge on any atom is -0.362 e. The molecule has 28 heavy (non-hydrogen) atoms. The Labute approximate surface area is 163 Å². The summed E-state index contributed by atoms with van der Waals surface area (Å²) in [5, 5.41) is 2.81. The minimum absolute atomic E-state index is 0.133. The van der Waals surface area contributed by atoms with Gasteiger partial charge in [-0.05, 0) is 36.9 Å². The molecule has 1 N–H and O–H groups in total. The molecule has 0 aliphatic rings. The number of nitrogens with zero attached hydrogens (tertiary/aromatic N) is 3. The standard InChI is InChI=1S/C20H25F3N4O/c1-5-27(6-2)13-18(28)25-16-9-7-14(8-10-16)17-11-15(20(21,22)23)12-24-19(17)26(3)4/h7-12H,5-6,13H2,1-4H3,(H,25,28). The SMILES string of the molecule is CCN(CC)CC(=O)Nc1ccc(-c2cc(C(F)(F)F)cnc2N(C)C)cc1. The number of hydrogen-bond donors (Lipinski definition) is 1. The molecular weight excluding hydrogens is 369 g/mol. The van der Waals surface area contributed by atoms with E-state index in [0.717, 1.165) is 25.4 Å². The third-order valence-corrected chi connectivity index (χ3v) is 4.36. The first-order valence-corrected chi connectivity index (χ1v) is 9.02. The van der Waals surface area contributed by atoms with Crippen molar-refractivity contribution >= 4 is 17.4 Å². The molecule has 0 saturated heterocycles. The van der Waals surface area contributed by atoms with Gasteiger partial charge < -0.3 is 10.2 Å². The van der Waals surface area contributed by atoms with Gasteiger partial charge in [0, 0.05) is 31.5 Å². The fraction of sp³-hybridized carbons (Fsp3) is 0.400. The summed E-state index contributed by atoms with van der Waals surface area (Å²) in [6.07, 6.45) is -3.63. The average molecular weight is 394 g/mol. The van der Waals surface area contributed by atoms with Crippen LogP contribution in [0.15, 0.2) is 36.5 Å². The number of amides is 1. The Hall–Kier alpha value is -2.61. The van der Waals surface area contributed by atoms with Crippen molar-refractivity contribution in [3.8, 4) is 11.1 Å². The Bertz CT molecular complexity index is 800. The average Bonchev–Trinajstić information content (AvgIpc) is 2.65. The van der Waals surface area contributed by atoms with Crippen LogP contribution in [0.5, 0.6) is 0 Å². The molecule has 0 aliphatic carbocycles. The van der Waals surface area contributed by atoms with Crippen molar-refractivity contribution in [3.05, 3.63) is 42.1 Å². The number of anilines is 2. The number of aromatic nitrogens is 1. The molecular formula is C20H25F3N4O. The van der Waals surface area contributed by atoms with E-state index in [1.165, 1.54) is 0 Å². The molecule has 2 rings (SSSR count). The van der Waals surface area contributed by atoms with Crippen molar-refractivity contribution in [1.82, 2.24) is 9.88 Å². The van der Waals surface area contributed by atoms with Crippen molar-refractivity contribution in [2.24, 2.45) is 0 Å². The molecule has 0 radical (unpaired) electrons. The van der Waals surface area contributed by atoms with E-state index in [-0.39, 0.29) is 12.5 Å². The maximum absolute atomic E-state index is 13.1. The highest BCUT2D eigenvalue weighted by molar-refractivity contribution is 5.92. The Morgan fingerprint density at radius 2 is 1.71 bits per heavy atom. The number of pyridine rings is 1. The van der Waals surface area contributed by atoms with Crippen LogP contribution in [0, 0.1) is 0 Å². The van der Waals surface area contributed by atoms with Gasteiger partial charge in [-0.3, -0.25) is 9.69 Å². The maximum atomic E-state index is 13.1. The first kappa shape index (κ1) is 21.7. The summed E-state index contributed by atoms with van der Waals surface area (Å²) in [6, 6.07) is 7.80. The van der Waals surface area contributed by atoms with Gasteiger partial charge >= 0.3 is 6.18 Å². The highest BCUT2D eigenvalue weighted by Gasteiger charge is 2.32. The lowest BCUT2D eigenvalue weighted by Crippen LogP contribution is -2.32. The normalized spacial score (nSPS) is 11.6. The Kier molecular flexibility index (Phi) is 7.01. The molecule has 1 aromatic carbocycles. The number of benzene rings is 1. The second-order valence-corrected chi connectivity index (χ2v) is 6.57. The summed E-state index contributed by atoms with van der Waals surface area (Å²) in [5.41, 5.74) is 0.752. The number of carbonyl (C=O) groups is 1. The zero-order valence-electron chi connectivity index (χ0n) is 16.5. The zero-order valence-corrected chi connectivity index (χ0v) is 16.5. The van der Waals surface area contributed by atoms with Gasteiger partial charge in [-0.1, -0.05) is 26.0 Å². The predicted octanol–water partition coefficient (Wildman–Crippen LogP) is 4.11. The molecule has 0 aliphatic heterocycles. The lowest BCUT2D eigenvalue weighted by atomic mass is 10.0. The lowest BCUT2D eigenvalue weighted by Gasteiger charge is -2.19. The number of rotatable bonds is 7. The summed E-state index contributed by atoms with van der Waals surface area (Å²) < 4.78 is 39.2. The molecule has 1 amide bonds. The van der Waals surface area contributed by atoms with Crippen LogP contribution in [-0.2, 0) is 11.0 Å². The van der Waals surface area contributed by atoms with E-state index in [1.807, 2.05) is 18.7 Å². The third-order valence-electron chi connectivity index (χ3n) is 4.36. The summed E-state index contributed by atoms with van der Waals surface area (Å²) >= 11 is 0. The second-order valence-electron chi connectivity index (χ2n) is 6.57. The number of carbonyl (C=O) groups excluding carboxylic acids is 1. The molecule has 0 bridgehead atoms. The van der Waals surface area contributed by atoms with E-state index in [1.54, 1.807) is 43.3 Å². The van der Waals surface area contributed by atoms with Crippen LogP contribution in [-0.4, -0.2) is 49.5 Å². The van der Waals surface area contributed by atoms with E-state index in [4.69, 9.17) is 0 Å². The van der Waals surface area contributed by atoms with Gasteiger partial charge in [-0.15, -0.1) is 0 Å². The summed E-state index contributed by atoms with van der Waals surface area (Å²) in [6.45, 7) is 5.81. The number of halogens is 3. The molecule has 2 aromatic rings. The van der Waals surface area contributed by atoms with Crippen LogP contribution in [0.4, 0.5) is 24.7 Å². The molecule has 152 valence electrons. The second kappa shape index (κ2) is 9.05. The number of alkyl halides is 3. The predicted molar refractivity (Wildman–Crippen MR) is 105 cm³/mol. The van der Waals surface area contributed by atoms with Crippen molar-refractivity contribution in [2.75, 3.05) is 43.9 Å². The number of nitrogens with one attached hydrogen (secondary N) is 1. The fourth-order valence-corrected chi connectivity index (χ4v) is 2.77. The Morgan fingerprint density at radius 3 is 2.21 bits per heavy atom. The van der Waals surface area contributed by atoms with Crippen LogP contribution in [0.1, 0.15) is 19.4 Å². The molecule has 1 heterocycles. The molecule has 0 atom stereocenters. The van der Waals surface area contributed by atoms with Gasteiger partial charge in [0.25, 0.3) is 0 Å². The topological polar surface area (TPSA) is 48.5 Å². The van der Waals surface area contributed by atoms with Crippen LogP contribution in [0.3, 0.4) is 0 Å². The molecule has 0 spiro atoms. The van der Waals surface area contributed by atoms with E-state index in [9.17, 15) is 18.0 Å². The largest absolute Gasteiger partial charge is 0.417 e. The van der Waals surface area contributed by atoms with E-state index in [0.29, 0.717) is 22.6 Å². The molecule has 0 fully saturated rings. The van der Waals surface area contributed by atoms with E-state index >= 15 is 0 Å². The van der Waals surface area contributed by atoms with E-state index in [2.05, 4.69) is 10.3 Å². The summed E-state index contributed by atoms with van der Waals surface area (Å²) in [7, 11) is 3.45. The van der Waals surface area contributed by atoms with Gasteiger partial charge in [-0.2, -0.15) is 13.2 Å². The lowest BCUT2D eigenvalue weighted by molar-refractivity contribution is -0.137. The number of hydrogen-bond acceptors (Lipinski definition) is 4. The third kappa shape index (κ3) is 5.45. The zero-order chi connectivity index (χ0) is 20.9. The molecule has 5 nitrogen and oxygen atoms in total. The van der Waals surface area contributed by atoms with Crippen LogP contribution >= 0.6 is 0 Å². The monoisotopic (exact) mass is 394 g/mol.